The maximum absolute atomic E-state index is 12.7. The molecule has 33 heavy (non-hydrogen) atoms. The maximum Gasteiger partial charge on any atom is 0.344 e. The van der Waals surface area contributed by atoms with E-state index in [4.69, 9.17) is 14.2 Å². The molecule has 0 aliphatic heterocycles. The number of nitrogens with one attached hydrogen (secondary N) is 1. The number of unbranched alkanes of at least 4 members (excludes halogenated alkanes) is 1. The van der Waals surface area contributed by atoms with Crippen LogP contribution in [-0.2, 0) is 19.1 Å². The van der Waals surface area contributed by atoms with Crippen LogP contribution in [0, 0.1) is 0 Å². The summed E-state index contributed by atoms with van der Waals surface area (Å²) in [4.78, 5) is 35.4. The second kappa shape index (κ2) is 12.3. The number of carbonyl (C=O) groups excluding carboxylic acids is 2. The monoisotopic (exact) mass is 473 g/mol. The van der Waals surface area contributed by atoms with Crippen molar-refractivity contribution in [2.24, 2.45) is 0 Å². The lowest BCUT2D eigenvalue weighted by atomic mass is 10.2. The predicted octanol–water partition coefficient (Wildman–Crippen LogP) is 2.63. The van der Waals surface area contributed by atoms with Crippen molar-refractivity contribution in [1.82, 2.24) is 5.32 Å². The highest BCUT2D eigenvalue weighted by Gasteiger charge is 2.11. The summed E-state index contributed by atoms with van der Waals surface area (Å²) in [6.07, 6.45) is 0.581. The minimum Gasteiger partial charge on any atom is -0.482 e. The molecule has 0 saturated heterocycles. The van der Waals surface area contributed by atoms with Gasteiger partial charge in [-0.1, -0.05) is 12.1 Å². The van der Waals surface area contributed by atoms with Crippen LogP contribution in [0.25, 0.3) is 20.2 Å². The molecule has 2 N–H and O–H groups in total. The third-order valence-electron chi connectivity index (χ3n) is 4.74. The lowest BCUT2D eigenvalue weighted by Crippen LogP contribution is -2.26. The van der Waals surface area contributed by atoms with Crippen molar-refractivity contribution in [1.29, 1.82) is 0 Å². The minimum absolute atomic E-state index is 0.0420. The molecule has 3 rings (SSSR count). The van der Waals surface area contributed by atoms with E-state index in [1.165, 1.54) is 18.3 Å². The first-order chi connectivity index (χ1) is 15.9. The Morgan fingerprint density at radius 2 is 1.85 bits per heavy atom. The van der Waals surface area contributed by atoms with Crippen LogP contribution in [0.2, 0.25) is 0 Å². The lowest BCUT2D eigenvalue weighted by Gasteiger charge is -2.12. The normalized spacial score (nSPS) is 11.9. The number of carbonyl (C=O) groups is 2. The van der Waals surface area contributed by atoms with Gasteiger partial charge in [0, 0.05) is 40.2 Å². The van der Waals surface area contributed by atoms with E-state index in [1.807, 2.05) is 18.2 Å². The van der Waals surface area contributed by atoms with E-state index in [1.54, 1.807) is 24.3 Å². The molecule has 1 atom stereocenters. The average molecular weight is 474 g/mol. The van der Waals surface area contributed by atoms with Crippen molar-refractivity contribution in [2.45, 2.75) is 25.9 Å². The number of ether oxygens (including phenoxy) is 3. The zero-order valence-corrected chi connectivity index (χ0v) is 19.2. The molecule has 0 fully saturated rings. The molecule has 1 unspecified atom stereocenters. The quantitative estimate of drug-likeness (QED) is 0.236. The fourth-order valence-electron chi connectivity index (χ4n) is 3.11. The van der Waals surface area contributed by atoms with Gasteiger partial charge >= 0.3 is 5.97 Å². The molecule has 9 heteroatoms. The Kier molecular flexibility index (Phi) is 9.17. The largest absolute Gasteiger partial charge is 0.482 e. The molecule has 1 amide bonds. The van der Waals surface area contributed by atoms with Crippen LogP contribution in [0.5, 0.6) is 5.75 Å². The van der Waals surface area contributed by atoms with Gasteiger partial charge in [0.25, 0.3) is 0 Å². The van der Waals surface area contributed by atoms with Crippen LogP contribution < -0.4 is 15.5 Å². The Morgan fingerprint density at radius 3 is 2.67 bits per heavy atom. The zero-order chi connectivity index (χ0) is 23.6. The topological polar surface area (TPSA) is 111 Å². The summed E-state index contributed by atoms with van der Waals surface area (Å²) in [6.45, 7) is 1.99. The molecule has 8 nitrogen and oxygen atoms in total. The number of aliphatic hydroxyl groups is 1. The molecule has 3 aromatic rings. The van der Waals surface area contributed by atoms with Crippen molar-refractivity contribution in [3.05, 3.63) is 52.7 Å². The molecule has 0 spiro atoms. The number of rotatable bonds is 12. The second-order valence-corrected chi connectivity index (χ2v) is 8.56. The first-order valence-corrected chi connectivity index (χ1v) is 11.5. The average Bonchev–Trinajstić information content (AvgIpc) is 2.81. The zero-order valence-electron chi connectivity index (χ0n) is 18.4. The van der Waals surface area contributed by atoms with Crippen molar-refractivity contribution in [3.63, 3.8) is 0 Å². The lowest BCUT2D eigenvalue weighted by molar-refractivity contribution is -0.150. The summed E-state index contributed by atoms with van der Waals surface area (Å²) in [6, 6.07) is 12.6. The third-order valence-corrected chi connectivity index (χ3v) is 5.89. The van der Waals surface area contributed by atoms with Crippen LogP contribution in [0.3, 0.4) is 0 Å². The summed E-state index contributed by atoms with van der Waals surface area (Å²) in [5.74, 6) is -0.308. The molecule has 176 valence electrons. The summed E-state index contributed by atoms with van der Waals surface area (Å²) >= 11 is 1.52. The molecule has 1 aromatic heterocycles. The second-order valence-electron chi connectivity index (χ2n) is 7.48. The highest BCUT2D eigenvalue weighted by Crippen LogP contribution is 2.27. The van der Waals surface area contributed by atoms with Gasteiger partial charge in [-0.3, -0.25) is 9.59 Å². The van der Waals surface area contributed by atoms with Gasteiger partial charge in [-0.2, -0.15) is 0 Å². The number of benzene rings is 2. The van der Waals surface area contributed by atoms with Gasteiger partial charge in [-0.15, -0.1) is 11.3 Å². The third kappa shape index (κ3) is 7.52. The van der Waals surface area contributed by atoms with Gasteiger partial charge in [0.1, 0.15) is 18.5 Å². The van der Waals surface area contributed by atoms with Crippen molar-refractivity contribution in [2.75, 3.05) is 33.0 Å². The number of hydrogen-bond donors (Lipinski definition) is 2. The Morgan fingerprint density at radius 1 is 1.06 bits per heavy atom. The Bertz CT molecular complexity index is 1160. The van der Waals surface area contributed by atoms with E-state index < -0.39 is 12.1 Å². The summed E-state index contributed by atoms with van der Waals surface area (Å²) in [7, 11) is 0. The molecule has 0 aliphatic carbocycles. The van der Waals surface area contributed by atoms with Gasteiger partial charge in [-0.05, 0) is 43.2 Å². The Labute approximate surface area is 195 Å². The van der Waals surface area contributed by atoms with E-state index in [-0.39, 0.29) is 31.2 Å². The molecular formula is C24H27NO7S. The van der Waals surface area contributed by atoms with E-state index in [0.29, 0.717) is 29.7 Å². The van der Waals surface area contributed by atoms with E-state index in [2.05, 4.69) is 5.32 Å². The molecule has 0 radical (unpaired) electrons. The van der Waals surface area contributed by atoms with E-state index in [0.717, 1.165) is 22.2 Å². The summed E-state index contributed by atoms with van der Waals surface area (Å²) in [5, 5.41) is 13.7. The number of amides is 1. The van der Waals surface area contributed by atoms with Crippen molar-refractivity contribution in [3.8, 4) is 5.75 Å². The fourth-order valence-corrected chi connectivity index (χ4v) is 4.16. The van der Waals surface area contributed by atoms with E-state index in [9.17, 15) is 19.5 Å². The van der Waals surface area contributed by atoms with Crippen molar-refractivity contribution >= 4 is 43.4 Å². The van der Waals surface area contributed by atoms with Gasteiger partial charge in [0.2, 0.25) is 5.91 Å². The van der Waals surface area contributed by atoms with Gasteiger partial charge < -0.3 is 24.6 Å². The minimum atomic E-state index is -0.942. The van der Waals surface area contributed by atoms with Crippen LogP contribution in [0.1, 0.15) is 19.8 Å². The smallest absolute Gasteiger partial charge is 0.344 e. The molecule has 0 bridgehead atoms. The Balaban J connectivity index is 1.39. The molecule has 0 saturated carbocycles. The predicted molar refractivity (Wildman–Crippen MR) is 127 cm³/mol. The summed E-state index contributed by atoms with van der Waals surface area (Å²) in [5.41, 5.74) is -0.0781. The summed E-state index contributed by atoms with van der Waals surface area (Å²) < 4.78 is 17.6. The van der Waals surface area contributed by atoms with Crippen LogP contribution in [-0.4, -0.2) is 56.1 Å². The number of fused-ring (bicyclic) bond motifs is 2. The highest BCUT2D eigenvalue weighted by molar-refractivity contribution is 7.24. The SMILES string of the molecule is CC(=O)NCCCCOCC(O)COC(=O)COc1ccc2sc3ccccc3c(=O)c2c1. The Hall–Kier alpha value is -3.01. The first-order valence-electron chi connectivity index (χ1n) is 10.7. The van der Waals surface area contributed by atoms with Crippen LogP contribution >= 0.6 is 11.3 Å². The molecule has 2 aromatic carbocycles. The first kappa shape index (κ1) is 24.6. The number of esters is 1. The molecular weight excluding hydrogens is 446 g/mol. The standard InChI is InChI=1S/C24H27NO7S/c1-16(26)25-10-4-5-11-30-13-17(27)14-32-23(28)15-31-18-8-9-22-20(12-18)24(29)19-6-2-3-7-21(19)33-22/h2-3,6-9,12,17,27H,4-5,10-11,13-15H2,1H3,(H,25,26). The van der Waals surface area contributed by atoms with Crippen molar-refractivity contribution < 1.29 is 28.9 Å². The molecule has 1 heterocycles. The maximum atomic E-state index is 12.7. The molecule has 0 aliphatic rings. The number of hydrogen-bond acceptors (Lipinski definition) is 8. The van der Waals surface area contributed by atoms with Gasteiger partial charge in [0.05, 0.1) is 6.61 Å². The number of aliphatic hydroxyl groups excluding tert-OH is 1. The van der Waals surface area contributed by atoms with Crippen LogP contribution in [0.15, 0.2) is 47.3 Å². The highest BCUT2D eigenvalue weighted by atomic mass is 32.1. The fraction of sp³-hybridized carbons (Fsp3) is 0.375. The van der Waals surface area contributed by atoms with Gasteiger partial charge in [-0.25, -0.2) is 4.79 Å². The van der Waals surface area contributed by atoms with E-state index >= 15 is 0 Å². The van der Waals surface area contributed by atoms with Gasteiger partial charge in [0.15, 0.2) is 12.0 Å². The van der Waals surface area contributed by atoms with Crippen LogP contribution in [0.4, 0.5) is 0 Å².